The lowest BCUT2D eigenvalue weighted by Crippen LogP contribution is -2.56. The standard InChI is InChI=1S/C21H30F3N5O2/c1-15(21(22,23)24)28-8-10-29(11-9-28)20(25-2)26-14-16-5-3-6-17(13-16)27-19(30)18-7-4-12-31-18/h3,5-6,13,15,18H,4,7-12,14H2,1-2H3,(H,25,26)(H,27,30). The molecule has 0 aliphatic carbocycles. The molecule has 3 rings (SSSR count). The minimum absolute atomic E-state index is 0.135. The molecule has 2 saturated heterocycles. The first-order valence-corrected chi connectivity index (χ1v) is 10.6. The van der Waals surface area contributed by atoms with Crippen LogP contribution in [-0.4, -0.2) is 79.8 Å². The zero-order chi connectivity index (χ0) is 22.4. The fourth-order valence-corrected chi connectivity index (χ4v) is 3.81. The van der Waals surface area contributed by atoms with Crippen LogP contribution in [0.3, 0.4) is 0 Å². The van der Waals surface area contributed by atoms with Crippen molar-refractivity contribution in [2.24, 2.45) is 4.99 Å². The van der Waals surface area contributed by atoms with E-state index in [0.717, 1.165) is 18.4 Å². The number of anilines is 1. The molecule has 2 heterocycles. The summed E-state index contributed by atoms with van der Waals surface area (Å²) < 4.78 is 44.2. The smallest absolute Gasteiger partial charge is 0.368 e. The van der Waals surface area contributed by atoms with Gasteiger partial charge in [0.2, 0.25) is 0 Å². The molecule has 2 fully saturated rings. The van der Waals surface area contributed by atoms with E-state index in [1.54, 1.807) is 7.05 Å². The van der Waals surface area contributed by atoms with Crippen molar-refractivity contribution < 1.29 is 22.7 Å². The third kappa shape index (κ3) is 6.33. The third-order valence-electron chi connectivity index (χ3n) is 5.71. The molecule has 1 amide bonds. The minimum atomic E-state index is -4.22. The van der Waals surface area contributed by atoms with E-state index >= 15 is 0 Å². The molecular formula is C21H30F3N5O2. The fraction of sp³-hybridized carbons (Fsp3) is 0.619. The molecule has 1 aromatic rings. The first-order chi connectivity index (χ1) is 14.8. The molecule has 0 radical (unpaired) electrons. The lowest BCUT2D eigenvalue weighted by Gasteiger charge is -2.39. The number of rotatable bonds is 5. The molecule has 2 aliphatic rings. The third-order valence-corrected chi connectivity index (χ3v) is 5.71. The highest BCUT2D eigenvalue weighted by atomic mass is 19.4. The Morgan fingerprint density at radius 3 is 2.65 bits per heavy atom. The maximum Gasteiger partial charge on any atom is 0.403 e. The maximum absolute atomic E-state index is 12.9. The number of guanidine groups is 1. The maximum atomic E-state index is 12.9. The summed E-state index contributed by atoms with van der Waals surface area (Å²) in [5, 5.41) is 6.15. The molecule has 0 spiro atoms. The van der Waals surface area contributed by atoms with Crippen LogP contribution in [0.25, 0.3) is 0 Å². The van der Waals surface area contributed by atoms with Gasteiger partial charge in [0.25, 0.3) is 5.91 Å². The number of carbonyl (C=O) groups is 1. The van der Waals surface area contributed by atoms with Gasteiger partial charge in [-0.3, -0.25) is 14.7 Å². The normalized spacial score (nSPS) is 21.8. The molecule has 2 aliphatic heterocycles. The monoisotopic (exact) mass is 441 g/mol. The number of piperazine rings is 1. The van der Waals surface area contributed by atoms with Gasteiger partial charge in [-0.05, 0) is 37.5 Å². The van der Waals surface area contributed by atoms with E-state index in [9.17, 15) is 18.0 Å². The highest BCUT2D eigenvalue weighted by Crippen LogP contribution is 2.25. The summed E-state index contributed by atoms with van der Waals surface area (Å²) in [4.78, 5) is 19.9. The number of amides is 1. The van der Waals surface area contributed by atoms with Gasteiger partial charge in [0.15, 0.2) is 5.96 Å². The number of benzene rings is 1. The van der Waals surface area contributed by atoms with Gasteiger partial charge in [0, 0.05) is 52.1 Å². The van der Waals surface area contributed by atoms with Crippen LogP contribution in [-0.2, 0) is 16.1 Å². The Kier molecular flexibility index (Phi) is 7.77. The van der Waals surface area contributed by atoms with Gasteiger partial charge in [-0.25, -0.2) is 0 Å². The Morgan fingerprint density at radius 2 is 2.03 bits per heavy atom. The Bertz CT molecular complexity index is 773. The molecule has 2 atom stereocenters. The average Bonchev–Trinajstić information content (AvgIpc) is 3.29. The van der Waals surface area contributed by atoms with E-state index in [-0.39, 0.29) is 12.0 Å². The first kappa shape index (κ1) is 23.3. The fourth-order valence-electron chi connectivity index (χ4n) is 3.81. The minimum Gasteiger partial charge on any atom is -0.368 e. The Morgan fingerprint density at radius 1 is 1.29 bits per heavy atom. The van der Waals surface area contributed by atoms with Crippen LogP contribution < -0.4 is 10.6 Å². The van der Waals surface area contributed by atoms with Gasteiger partial charge in [-0.1, -0.05) is 12.1 Å². The number of nitrogens with one attached hydrogen (secondary N) is 2. The summed E-state index contributed by atoms with van der Waals surface area (Å²) in [7, 11) is 1.66. The predicted octanol–water partition coefficient (Wildman–Crippen LogP) is 2.45. The van der Waals surface area contributed by atoms with Crippen molar-refractivity contribution in [2.75, 3.05) is 45.2 Å². The van der Waals surface area contributed by atoms with Crippen molar-refractivity contribution in [2.45, 2.75) is 44.6 Å². The van der Waals surface area contributed by atoms with Gasteiger partial charge in [-0.2, -0.15) is 13.2 Å². The number of alkyl halides is 3. The number of aliphatic imine (C=N–C) groups is 1. The molecule has 2 unspecified atom stereocenters. The van der Waals surface area contributed by atoms with Crippen LogP contribution in [0.4, 0.5) is 18.9 Å². The molecule has 10 heteroatoms. The summed E-state index contributed by atoms with van der Waals surface area (Å²) in [5.41, 5.74) is 1.65. The summed E-state index contributed by atoms with van der Waals surface area (Å²) in [5.74, 6) is 0.512. The number of carbonyl (C=O) groups excluding carboxylic acids is 1. The molecule has 7 nitrogen and oxygen atoms in total. The van der Waals surface area contributed by atoms with E-state index in [1.807, 2.05) is 29.2 Å². The summed E-state index contributed by atoms with van der Waals surface area (Å²) in [6, 6.07) is 6.06. The van der Waals surface area contributed by atoms with E-state index in [1.165, 1.54) is 11.8 Å². The Hall–Kier alpha value is -2.33. The molecule has 0 saturated carbocycles. The molecular weight excluding hydrogens is 411 g/mol. The van der Waals surface area contributed by atoms with Crippen molar-refractivity contribution in [1.29, 1.82) is 0 Å². The van der Waals surface area contributed by atoms with Crippen LogP contribution in [0.1, 0.15) is 25.3 Å². The van der Waals surface area contributed by atoms with Crippen LogP contribution in [0, 0.1) is 0 Å². The quantitative estimate of drug-likeness (QED) is 0.543. The second-order valence-electron chi connectivity index (χ2n) is 7.83. The van der Waals surface area contributed by atoms with Gasteiger partial charge in [0.05, 0.1) is 0 Å². The topological polar surface area (TPSA) is 69.2 Å². The molecule has 172 valence electrons. The van der Waals surface area contributed by atoms with Crippen LogP contribution >= 0.6 is 0 Å². The van der Waals surface area contributed by atoms with Crippen LogP contribution in [0.5, 0.6) is 0 Å². The van der Waals surface area contributed by atoms with E-state index in [0.29, 0.717) is 51.0 Å². The molecule has 1 aromatic carbocycles. The van der Waals surface area contributed by atoms with Crippen molar-refractivity contribution >= 4 is 17.6 Å². The molecule has 0 bridgehead atoms. The second kappa shape index (κ2) is 10.3. The van der Waals surface area contributed by atoms with Gasteiger partial charge >= 0.3 is 6.18 Å². The number of hydrogen-bond acceptors (Lipinski definition) is 4. The first-order valence-electron chi connectivity index (χ1n) is 10.6. The van der Waals surface area contributed by atoms with Crippen molar-refractivity contribution in [3.8, 4) is 0 Å². The predicted molar refractivity (Wildman–Crippen MR) is 113 cm³/mol. The van der Waals surface area contributed by atoms with E-state index < -0.39 is 12.2 Å². The van der Waals surface area contributed by atoms with Crippen molar-refractivity contribution in [3.05, 3.63) is 29.8 Å². The number of ether oxygens (including phenoxy) is 1. The largest absolute Gasteiger partial charge is 0.403 e. The zero-order valence-corrected chi connectivity index (χ0v) is 17.9. The zero-order valence-electron chi connectivity index (χ0n) is 17.9. The van der Waals surface area contributed by atoms with Crippen molar-refractivity contribution in [3.63, 3.8) is 0 Å². The SMILES string of the molecule is CN=C(NCc1cccc(NC(=O)C2CCCO2)c1)N1CCN(C(C)C(F)(F)F)CC1. The highest BCUT2D eigenvalue weighted by Gasteiger charge is 2.41. The van der Waals surface area contributed by atoms with Gasteiger partial charge in [0.1, 0.15) is 12.1 Å². The highest BCUT2D eigenvalue weighted by molar-refractivity contribution is 5.94. The Labute approximate surface area is 180 Å². The summed E-state index contributed by atoms with van der Waals surface area (Å²) >= 11 is 0. The number of nitrogens with zero attached hydrogens (tertiary/aromatic N) is 3. The lowest BCUT2D eigenvalue weighted by molar-refractivity contribution is -0.181. The molecule has 0 aromatic heterocycles. The number of hydrogen-bond donors (Lipinski definition) is 2. The average molecular weight is 441 g/mol. The summed E-state index contributed by atoms with van der Waals surface area (Å²) in [6.07, 6.45) is -2.98. The second-order valence-corrected chi connectivity index (χ2v) is 7.83. The summed E-state index contributed by atoms with van der Waals surface area (Å²) in [6.45, 7) is 3.89. The van der Waals surface area contributed by atoms with Crippen LogP contribution in [0.2, 0.25) is 0 Å². The van der Waals surface area contributed by atoms with E-state index in [2.05, 4.69) is 15.6 Å². The number of halogens is 3. The van der Waals surface area contributed by atoms with Crippen molar-refractivity contribution in [1.82, 2.24) is 15.1 Å². The lowest BCUT2D eigenvalue weighted by atomic mass is 10.2. The molecule has 31 heavy (non-hydrogen) atoms. The van der Waals surface area contributed by atoms with Crippen LogP contribution in [0.15, 0.2) is 29.3 Å². The Balaban J connectivity index is 1.50. The van der Waals surface area contributed by atoms with E-state index in [4.69, 9.17) is 4.74 Å². The van der Waals surface area contributed by atoms with Gasteiger partial charge in [-0.15, -0.1) is 0 Å². The molecule has 2 N–H and O–H groups in total. The van der Waals surface area contributed by atoms with Gasteiger partial charge < -0.3 is 20.3 Å².